The molecule has 1 fully saturated rings. The van der Waals surface area contributed by atoms with Crippen LogP contribution < -0.4 is 10.2 Å². The van der Waals surface area contributed by atoms with Gasteiger partial charge in [-0.2, -0.15) is 0 Å². The summed E-state index contributed by atoms with van der Waals surface area (Å²) < 4.78 is 0.889. The number of carbonyl (C=O) groups is 1. The fourth-order valence-electron chi connectivity index (χ4n) is 3.44. The molecule has 7 heteroatoms. The third-order valence-electron chi connectivity index (χ3n) is 4.87. The highest BCUT2D eigenvalue weighted by Gasteiger charge is 2.26. The predicted molar refractivity (Wildman–Crippen MR) is 112 cm³/mol. The molecule has 1 saturated heterocycles. The van der Waals surface area contributed by atoms with Gasteiger partial charge in [0.25, 0.3) is 0 Å². The molecule has 1 aliphatic heterocycles. The number of nitrogens with zero attached hydrogens (tertiary/aromatic N) is 3. The first-order valence-electron chi connectivity index (χ1n) is 8.82. The van der Waals surface area contributed by atoms with Crippen molar-refractivity contribution in [3.05, 3.63) is 58.3 Å². The van der Waals surface area contributed by atoms with Crippen LogP contribution in [0.5, 0.6) is 0 Å². The van der Waals surface area contributed by atoms with Gasteiger partial charge in [-0.15, -0.1) is 0 Å². The Hall–Kier alpha value is -2.18. The molecule has 5 nitrogen and oxygen atoms in total. The van der Waals surface area contributed by atoms with Crippen LogP contribution in [0.15, 0.2) is 53.3 Å². The molecule has 2 aromatic heterocycles. The molecule has 4 rings (SSSR count). The summed E-state index contributed by atoms with van der Waals surface area (Å²) in [5.41, 5.74) is 2.03. The Morgan fingerprint density at radius 3 is 2.70 bits per heavy atom. The molecule has 138 valence electrons. The molecule has 1 aliphatic rings. The number of piperidine rings is 1. The first-order valence-corrected chi connectivity index (χ1v) is 9.99. The summed E-state index contributed by atoms with van der Waals surface area (Å²) in [7, 11) is 0. The van der Waals surface area contributed by atoms with Gasteiger partial charge in [0, 0.05) is 52.0 Å². The number of aromatic nitrogens is 2. The molecule has 0 unspecified atom stereocenters. The van der Waals surface area contributed by atoms with Gasteiger partial charge in [0.05, 0.1) is 5.52 Å². The molecule has 0 bridgehead atoms. The van der Waals surface area contributed by atoms with Crippen LogP contribution >= 0.6 is 27.5 Å². The van der Waals surface area contributed by atoms with Crippen molar-refractivity contribution in [2.45, 2.75) is 12.8 Å². The van der Waals surface area contributed by atoms with Crippen molar-refractivity contribution in [3.63, 3.8) is 0 Å². The smallest absolute Gasteiger partial charge is 0.228 e. The third-order valence-corrected chi connectivity index (χ3v) is 5.57. The van der Waals surface area contributed by atoms with E-state index in [1.165, 1.54) is 0 Å². The van der Waals surface area contributed by atoms with Crippen molar-refractivity contribution >= 4 is 55.8 Å². The maximum Gasteiger partial charge on any atom is 0.228 e. The molecule has 0 atom stereocenters. The Balaban J connectivity index is 1.43. The number of fused-ring (bicyclic) bond motifs is 1. The SMILES string of the molecule is O=C(Nc1ccc(Br)cn1)C1CCN(c2ccnc3cc(Cl)ccc23)CC1. The summed E-state index contributed by atoms with van der Waals surface area (Å²) in [4.78, 5) is 23.5. The molecule has 0 radical (unpaired) electrons. The quantitative estimate of drug-likeness (QED) is 0.623. The van der Waals surface area contributed by atoms with Crippen molar-refractivity contribution in [2.75, 3.05) is 23.3 Å². The Bertz CT molecular complexity index is 971. The largest absolute Gasteiger partial charge is 0.371 e. The van der Waals surface area contributed by atoms with Crippen molar-refractivity contribution in [2.24, 2.45) is 5.92 Å². The Labute approximate surface area is 170 Å². The van der Waals surface area contributed by atoms with Crippen molar-refractivity contribution in [1.82, 2.24) is 9.97 Å². The first-order chi connectivity index (χ1) is 13.1. The number of carbonyl (C=O) groups excluding carboxylic acids is 1. The molecular weight excluding hydrogens is 428 g/mol. The van der Waals surface area contributed by atoms with Crippen LogP contribution in [-0.2, 0) is 4.79 Å². The van der Waals surface area contributed by atoms with E-state index in [1.54, 1.807) is 12.3 Å². The molecular formula is C20H18BrClN4O. The molecule has 1 N–H and O–H groups in total. The summed E-state index contributed by atoms with van der Waals surface area (Å²) in [5, 5.41) is 4.69. The highest BCUT2D eigenvalue weighted by Crippen LogP contribution is 2.31. The van der Waals surface area contributed by atoms with Crippen molar-refractivity contribution in [1.29, 1.82) is 0 Å². The van der Waals surface area contributed by atoms with Gasteiger partial charge in [-0.1, -0.05) is 11.6 Å². The van der Waals surface area contributed by atoms with Crippen molar-refractivity contribution < 1.29 is 4.79 Å². The van der Waals surface area contributed by atoms with Crippen LogP contribution in [0.1, 0.15) is 12.8 Å². The number of pyridine rings is 2. The van der Waals surface area contributed by atoms with Crippen molar-refractivity contribution in [3.8, 4) is 0 Å². The summed E-state index contributed by atoms with van der Waals surface area (Å²) in [6.07, 6.45) is 5.10. The number of anilines is 2. The van der Waals surface area contributed by atoms with E-state index in [0.717, 1.165) is 47.0 Å². The molecule has 27 heavy (non-hydrogen) atoms. The van der Waals surface area contributed by atoms with Gasteiger partial charge in [-0.05, 0) is 65.2 Å². The summed E-state index contributed by atoms with van der Waals surface area (Å²) in [5.74, 6) is 0.618. The zero-order valence-corrected chi connectivity index (χ0v) is 16.9. The second-order valence-electron chi connectivity index (χ2n) is 6.60. The molecule has 0 spiro atoms. The van der Waals surface area contributed by atoms with E-state index >= 15 is 0 Å². The van der Waals surface area contributed by atoms with Gasteiger partial charge < -0.3 is 10.2 Å². The maximum absolute atomic E-state index is 12.5. The lowest BCUT2D eigenvalue weighted by molar-refractivity contribution is -0.120. The Morgan fingerprint density at radius 2 is 1.96 bits per heavy atom. The average Bonchev–Trinajstić information content (AvgIpc) is 2.69. The van der Waals surface area contributed by atoms with Gasteiger partial charge in [0.1, 0.15) is 5.82 Å². The summed E-state index contributed by atoms with van der Waals surface area (Å²) in [6, 6.07) is 11.5. The molecule has 3 heterocycles. The molecule has 1 amide bonds. The van der Waals surface area contributed by atoms with Gasteiger partial charge in [0.2, 0.25) is 5.91 Å². The minimum atomic E-state index is -0.00533. The first kappa shape index (κ1) is 18.2. The second kappa shape index (κ2) is 7.82. The highest BCUT2D eigenvalue weighted by atomic mass is 79.9. The van der Waals surface area contributed by atoms with Crippen LogP contribution in [0.4, 0.5) is 11.5 Å². The van der Waals surface area contributed by atoms with E-state index in [1.807, 2.05) is 36.5 Å². The Morgan fingerprint density at radius 1 is 1.15 bits per heavy atom. The van der Waals surface area contributed by atoms with E-state index in [2.05, 4.69) is 36.1 Å². The van der Waals surface area contributed by atoms with Gasteiger partial charge in [0.15, 0.2) is 0 Å². The molecule has 1 aromatic carbocycles. The maximum atomic E-state index is 12.5. The van der Waals surface area contributed by atoms with E-state index in [4.69, 9.17) is 11.6 Å². The number of hydrogen-bond acceptors (Lipinski definition) is 4. The topological polar surface area (TPSA) is 58.1 Å². The minimum absolute atomic E-state index is 0.00533. The fraction of sp³-hybridized carbons (Fsp3) is 0.250. The van der Waals surface area contributed by atoms with Gasteiger partial charge >= 0.3 is 0 Å². The summed E-state index contributed by atoms with van der Waals surface area (Å²) in [6.45, 7) is 1.65. The normalized spacial score (nSPS) is 15.1. The lowest BCUT2D eigenvalue weighted by Crippen LogP contribution is -2.38. The number of amides is 1. The zero-order valence-electron chi connectivity index (χ0n) is 14.5. The third kappa shape index (κ3) is 4.06. The van der Waals surface area contributed by atoms with Gasteiger partial charge in [-0.3, -0.25) is 9.78 Å². The molecule has 3 aromatic rings. The lowest BCUT2D eigenvalue weighted by Gasteiger charge is -2.33. The Kier molecular flexibility index (Phi) is 5.27. The van der Waals surface area contributed by atoms with E-state index in [0.29, 0.717) is 10.8 Å². The number of nitrogens with one attached hydrogen (secondary N) is 1. The molecule has 0 saturated carbocycles. The predicted octanol–water partition coefficient (Wildman–Crippen LogP) is 4.90. The van der Waals surface area contributed by atoms with E-state index in [-0.39, 0.29) is 11.8 Å². The second-order valence-corrected chi connectivity index (χ2v) is 7.96. The lowest BCUT2D eigenvalue weighted by atomic mass is 9.95. The fourth-order valence-corrected chi connectivity index (χ4v) is 3.84. The average molecular weight is 446 g/mol. The van der Waals surface area contributed by atoms with Crippen LogP contribution in [0.2, 0.25) is 5.02 Å². The van der Waals surface area contributed by atoms with Crippen LogP contribution in [-0.4, -0.2) is 29.0 Å². The standard InChI is InChI=1S/C20H18BrClN4O/c21-14-1-4-19(24-12-14)25-20(27)13-6-9-26(10-7-13)18-5-8-23-17-11-15(22)2-3-16(17)18/h1-5,8,11-13H,6-7,9-10H2,(H,24,25,27). The van der Waals surface area contributed by atoms with Crippen LogP contribution in [0.3, 0.4) is 0 Å². The monoisotopic (exact) mass is 444 g/mol. The van der Waals surface area contributed by atoms with E-state index in [9.17, 15) is 4.79 Å². The van der Waals surface area contributed by atoms with Gasteiger partial charge in [-0.25, -0.2) is 4.98 Å². The highest BCUT2D eigenvalue weighted by molar-refractivity contribution is 9.10. The number of benzene rings is 1. The van der Waals surface area contributed by atoms with E-state index < -0.39 is 0 Å². The number of rotatable bonds is 3. The molecule has 0 aliphatic carbocycles. The van der Waals surface area contributed by atoms with Crippen LogP contribution in [0, 0.1) is 5.92 Å². The number of hydrogen-bond donors (Lipinski definition) is 1. The number of halogens is 2. The zero-order chi connectivity index (χ0) is 18.8. The minimum Gasteiger partial charge on any atom is -0.371 e. The summed E-state index contributed by atoms with van der Waals surface area (Å²) >= 11 is 9.43. The van der Waals surface area contributed by atoms with Crippen LogP contribution in [0.25, 0.3) is 10.9 Å².